The summed E-state index contributed by atoms with van der Waals surface area (Å²) in [5, 5.41) is 1.73. The summed E-state index contributed by atoms with van der Waals surface area (Å²) in [5.74, 6) is 0.378. The van der Waals surface area contributed by atoms with Crippen LogP contribution in [0.1, 0.15) is 10.5 Å². The molecule has 0 fully saturated rings. The van der Waals surface area contributed by atoms with Gasteiger partial charge in [-0.15, -0.1) is 22.9 Å². The fourth-order valence-corrected chi connectivity index (χ4v) is 1.52. The van der Waals surface area contributed by atoms with Crippen LogP contribution in [0, 0.1) is 0 Å². The van der Waals surface area contributed by atoms with Gasteiger partial charge >= 0.3 is 0 Å². The van der Waals surface area contributed by atoms with Crippen molar-refractivity contribution in [2.75, 3.05) is 19.5 Å². The van der Waals surface area contributed by atoms with Crippen LogP contribution in [-0.4, -0.2) is 35.3 Å². The maximum atomic E-state index is 11.4. The normalized spacial score (nSPS) is 9.83. The zero-order chi connectivity index (χ0) is 8.97. The number of alkyl halides is 1. The number of aromatic nitrogens is 1. The molecule has 1 rings (SSSR count). The highest BCUT2D eigenvalue weighted by molar-refractivity contribution is 7.07. The Labute approximate surface area is 80.0 Å². The Balaban J connectivity index is 2.59. The molecule has 0 saturated carbocycles. The van der Waals surface area contributed by atoms with Crippen molar-refractivity contribution >= 4 is 28.8 Å². The number of hydrogen-bond donors (Lipinski definition) is 0. The van der Waals surface area contributed by atoms with E-state index in [9.17, 15) is 4.79 Å². The zero-order valence-corrected chi connectivity index (χ0v) is 8.23. The molecule has 0 N–H and O–H groups in total. The molecule has 0 aliphatic carbocycles. The second kappa shape index (κ2) is 4.42. The lowest BCUT2D eigenvalue weighted by Crippen LogP contribution is -2.28. The molecule has 3 nitrogen and oxygen atoms in total. The van der Waals surface area contributed by atoms with Crippen molar-refractivity contribution in [3.63, 3.8) is 0 Å². The largest absolute Gasteiger partial charge is 0.339 e. The van der Waals surface area contributed by atoms with E-state index < -0.39 is 0 Å². The SMILES string of the molecule is CN(CCCl)C(=O)c1cscn1. The first-order valence-corrected chi connectivity index (χ1v) is 4.93. The minimum atomic E-state index is -0.0723. The van der Waals surface area contributed by atoms with Crippen LogP contribution >= 0.6 is 22.9 Å². The van der Waals surface area contributed by atoms with E-state index >= 15 is 0 Å². The highest BCUT2D eigenvalue weighted by atomic mass is 35.5. The van der Waals surface area contributed by atoms with E-state index in [-0.39, 0.29) is 5.91 Å². The number of hydrogen-bond acceptors (Lipinski definition) is 3. The third-order valence-electron chi connectivity index (χ3n) is 1.42. The quantitative estimate of drug-likeness (QED) is 0.699. The van der Waals surface area contributed by atoms with Gasteiger partial charge < -0.3 is 4.90 Å². The number of carbonyl (C=O) groups is 1. The minimum absolute atomic E-state index is 0.0723. The van der Waals surface area contributed by atoms with Crippen LogP contribution in [0.2, 0.25) is 0 Å². The number of thiazole rings is 1. The summed E-state index contributed by atoms with van der Waals surface area (Å²) < 4.78 is 0. The molecule has 0 radical (unpaired) electrons. The minimum Gasteiger partial charge on any atom is -0.339 e. The lowest BCUT2D eigenvalue weighted by molar-refractivity contribution is 0.0798. The number of carbonyl (C=O) groups excluding carboxylic acids is 1. The Morgan fingerprint density at radius 1 is 1.83 bits per heavy atom. The standard InChI is InChI=1S/C7H9ClN2OS/c1-10(3-2-8)7(11)6-4-12-5-9-6/h4-5H,2-3H2,1H3. The van der Waals surface area contributed by atoms with Crippen molar-refractivity contribution < 1.29 is 4.79 Å². The van der Waals surface area contributed by atoms with Crippen LogP contribution in [0.25, 0.3) is 0 Å². The molecule has 66 valence electrons. The van der Waals surface area contributed by atoms with E-state index in [2.05, 4.69) is 4.98 Å². The lowest BCUT2D eigenvalue weighted by atomic mass is 10.4. The third kappa shape index (κ3) is 2.19. The molecule has 1 aromatic rings. The number of rotatable bonds is 3. The first-order valence-electron chi connectivity index (χ1n) is 3.45. The van der Waals surface area contributed by atoms with Crippen molar-refractivity contribution in [3.8, 4) is 0 Å². The summed E-state index contributed by atoms with van der Waals surface area (Å²) in [6, 6.07) is 0. The van der Waals surface area contributed by atoms with Gasteiger partial charge in [-0.25, -0.2) is 4.98 Å². The molecule has 0 bridgehead atoms. The van der Waals surface area contributed by atoms with Crippen molar-refractivity contribution in [2.24, 2.45) is 0 Å². The predicted octanol–water partition coefficient (Wildman–Crippen LogP) is 1.45. The Morgan fingerprint density at radius 3 is 3.08 bits per heavy atom. The molecule has 5 heteroatoms. The van der Waals surface area contributed by atoms with Gasteiger partial charge in [0, 0.05) is 24.9 Å². The zero-order valence-electron chi connectivity index (χ0n) is 6.66. The summed E-state index contributed by atoms with van der Waals surface area (Å²) in [4.78, 5) is 16.9. The molecular formula is C7H9ClN2OS. The van der Waals surface area contributed by atoms with E-state index in [0.29, 0.717) is 18.1 Å². The number of amides is 1. The van der Waals surface area contributed by atoms with Gasteiger partial charge in [-0.05, 0) is 0 Å². The van der Waals surface area contributed by atoms with Crippen LogP contribution in [0.15, 0.2) is 10.9 Å². The number of nitrogens with zero attached hydrogens (tertiary/aromatic N) is 2. The molecule has 0 aliphatic heterocycles. The Morgan fingerprint density at radius 2 is 2.58 bits per heavy atom. The van der Waals surface area contributed by atoms with Gasteiger partial charge in [0.05, 0.1) is 5.51 Å². The Kier molecular flexibility index (Phi) is 3.49. The second-order valence-electron chi connectivity index (χ2n) is 2.29. The molecule has 1 heterocycles. The van der Waals surface area contributed by atoms with E-state index in [0.717, 1.165) is 0 Å². The van der Waals surface area contributed by atoms with Crippen molar-refractivity contribution in [3.05, 3.63) is 16.6 Å². The van der Waals surface area contributed by atoms with Gasteiger partial charge in [0.25, 0.3) is 5.91 Å². The van der Waals surface area contributed by atoms with Crippen LogP contribution < -0.4 is 0 Å². The van der Waals surface area contributed by atoms with E-state index in [4.69, 9.17) is 11.6 Å². The summed E-state index contributed by atoms with van der Waals surface area (Å²) in [5.41, 5.74) is 2.13. The molecule has 0 aliphatic rings. The predicted molar refractivity (Wildman–Crippen MR) is 49.8 cm³/mol. The van der Waals surface area contributed by atoms with Gasteiger partial charge in [-0.3, -0.25) is 4.79 Å². The molecule has 12 heavy (non-hydrogen) atoms. The van der Waals surface area contributed by atoms with Gasteiger partial charge in [-0.1, -0.05) is 0 Å². The molecule has 1 aromatic heterocycles. The molecule has 0 atom stereocenters. The number of halogens is 1. The summed E-state index contributed by atoms with van der Waals surface area (Å²) in [6.45, 7) is 0.553. The highest BCUT2D eigenvalue weighted by Crippen LogP contribution is 2.04. The average molecular weight is 205 g/mol. The third-order valence-corrected chi connectivity index (χ3v) is 2.17. The fraction of sp³-hybridized carbons (Fsp3) is 0.429. The van der Waals surface area contributed by atoms with Crippen molar-refractivity contribution in [1.82, 2.24) is 9.88 Å². The molecule has 0 saturated heterocycles. The smallest absolute Gasteiger partial charge is 0.273 e. The molecular weight excluding hydrogens is 196 g/mol. The summed E-state index contributed by atoms with van der Waals surface area (Å²) in [6.07, 6.45) is 0. The van der Waals surface area contributed by atoms with E-state index in [1.807, 2.05) is 0 Å². The van der Waals surface area contributed by atoms with Gasteiger partial charge in [0.15, 0.2) is 0 Å². The van der Waals surface area contributed by atoms with Crippen LogP contribution in [0.4, 0.5) is 0 Å². The summed E-state index contributed by atoms with van der Waals surface area (Å²) in [7, 11) is 1.71. The molecule has 1 amide bonds. The maximum absolute atomic E-state index is 11.4. The van der Waals surface area contributed by atoms with Gasteiger partial charge in [0.2, 0.25) is 0 Å². The fourth-order valence-electron chi connectivity index (χ4n) is 0.742. The molecule has 0 spiro atoms. The molecule has 0 unspecified atom stereocenters. The van der Waals surface area contributed by atoms with E-state index in [1.165, 1.54) is 11.3 Å². The lowest BCUT2D eigenvalue weighted by Gasteiger charge is -2.13. The first-order chi connectivity index (χ1) is 5.75. The van der Waals surface area contributed by atoms with Crippen LogP contribution in [-0.2, 0) is 0 Å². The van der Waals surface area contributed by atoms with Crippen molar-refractivity contribution in [1.29, 1.82) is 0 Å². The maximum Gasteiger partial charge on any atom is 0.273 e. The topological polar surface area (TPSA) is 33.2 Å². The monoisotopic (exact) mass is 204 g/mol. The highest BCUT2D eigenvalue weighted by Gasteiger charge is 2.11. The van der Waals surface area contributed by atoms with Crippen LogP contribution in [0.5, 0.6) is 0 Å². The van der Waals surface area contributed by atoms with Crippen LogP contribution in [0.3, 0.4) is 0 Å². The first kappa shape index (κ1) is 9.48. The van der Waals surface area contributed by atoms with Gasteiger partial charge in [0.1, 0.15) is 5.69 Å². The molecule has 0 aromatic carbocycles. The van der Waals surface area contributed by atoms with Gasteiger partial charge in [-0.2, -0.15) is 0 Å². The van der Waals surface area contributed by atoms with Crippen molar-refractivity contribution in [2.45, 2.75) is 0 Å². The van der Waals surface area contributed by atoms with E-state index in [1.54, 1.807) is 22.8 Å². The second-order valence-corrected chi connectivity index (χ2v) is 3.39. The summed E-state index contributed by atoms with van der Waals surface area (Å²) >= 11 is 6.90. The average Bonchev–Trinajstić information content (AvgIpc) is 2.55. The Hall–Kier alpha value is -0.610. The Bertz CT molecular complexity index is 250.